The van der Waals surface area contributed by atoms with Crippen molar-refractivity contribution >= 4 is 52.6 Å². The van der Waals surface area contributed by atoms with Crippen molar-refractivity contribution in [3.8, 4) is 5.75 Å². The first-order chi connectivity index (χ1) is 22.9. The second kappa shape index (κ2) is 17.3. The third-order valence-corrected chi connectivity index (χ3v) is 7.92. The van der Waals surface area contributed by atoms with Gasteiger partial charge in [0.15, 0.2) is 0 Å². The van der Waals surface area contributed by atoms with Gasteiger partial charge >= 0.3 is 6.09 Å². The van der Waals surface area contributed by atoms with E-state index in [1.54, 1.807) is 51.1 Å². The van der Waals surface area contributed by atoms with Crippen molar-refractivity contribution in [3.63, 3.8) is 0 Å². The third-order valence-electron chi connectivity index (χ3n) is 6.93. The fourth-order valence-corrected chi connectivity index (χ4v) is 4.98. The number of alkyl carbamates (subject to hydrolysis) is 1. The molecule has 3 aromatic carbocycles. The van der Waals surface area contributed by atoms with Gasteiger partial charge in [-0.15, -0.1) is 0 Å². The summed E-state index contributed by atoms with van der Waals surface area (Å²) in [6, 6.07) is 18.3. The molecule has 4 aromatic rings. The Morgan fingerprint density at radius 3 is 2.29 bits per heavy atom. The summed E-state index contributed by atoms with van der Waals surface area (Å²) in [5.74, 6) is -0.129. The highest BCUT2D eigenvalue weighted by Crippen LogP contribution is 2.23. The number of Topliss-reactive ketones (excluding diaryl/α,β-unsaturated/α-hetero) is 1. The minimum absolute atomic E-state index is 0.138. The number of nitrogens with one attached hydrogen (secondary N) is 2. The molecule has 0 aliphatic carbocycles. The molecule has 48 heavy (non-hydrogen) atoms. The molecular formula is C35H37Cl3N4O6. The molecular weight excluding hydrogens is 679 g/mol. The topological polar surface area (TPSA) is 133 Å². The molecule has 0 bridgehead atoms. The lowest BCUT2D eigenvalue weighted by molar-refractivity contribution is 0.0526. The average Bonchev–Trinajstić information content (AvgIpc) is 3.50. The Morgan fingerprint density at radius 2 is 1.60 bits per heavy atom. The molecule has 10 nitrogen and oxygen atoms in total. The first-order valence-corrected chi connectivity index (χ1v) is 16.6. The van der Waals surface area contributed by atoms with E-state index < -0.39 is 29.4 Å². The van der Waals surface area contributed by atoms with E-state index in [-0.39, 0.29) is 18.1 Å². The van der Waals surface area contributed by atoms with Crippen LogP contribution in [0.25, 0.3) is 0 Å². The predicted octanol–water partition coefficient (Wildman–Crippen LogP) is 7.92. The second-order valence-electron chi connectivity index (χ2n) is 12.0. The minimum Gasteiger partial charge on any atom is -0.493 e. The highest BCUT2D eigenvalue weighted by molar-refractivity contribution is 6.42. The number of benzene rings is 3. The Bertz CT molecular complexity index is 1690. The number of hydrogen-bond acceptors (Lipinski definition) is 8. The van der Waals surface area contributed by atoms with E-state index in [9.17, 15) is 14.4 Å². The van der Waals surface area contributed by atoms with E-state index in [2.05, 4.69) is 20.8 Å². The van der Waals surface area contributed by atoms with Gasteiger partial charge in [-0.1, -0.05) is 58.2 Å². The summed E-state index contributed by atoms with van der Waals surface area (Å²) in [5, 5.41) is 10.9. The molecule has 0 radical (unpaired) electrons. The maximum atomic E-state index is 13.5. The number of ketones is 1. The largest absolute Gasteiger partial charge is 0.493 e. The number of halogens is 3. The molecule has 0 fully saturated rings. The molecule has 0 spiro atoms. The summed E-state index contributed by atoms with van der Waals surface area (Å²) in [7, 11) is 0. The van der Waals surface area contributed by atoms with Crippen molar-refractivity contribution in [2.24, 2.45) is 0 Å². The van der Waals surface area contributed by atoms with Crippen LogP contribution in [0, 0.1) is 0 Å². The minimum atomic E-state index is -0.930. The lowest BCUT2D eigenvalue weighted by Crippen LogP contribution is -2.41. The number of carbonyl (C=O) groups is 3. The van der Waals surface area contributed by atoms with Crippen LogP contribution in [0.2, 0.25) is 15.1 Å². The van der Waals surface area contributed by atoms with Crippen molar-refractivity contribution in [1.82, 2.24) is 20.8 Å². The molecule has 1 heterocycles. The average molecular weight is 716 g/mol. The first kappa shape index (κ1) is 36.7. The number of carbonyl (C=O) groups excluding carboxylic acids is 3. The summed E-state index contributed by atoms with van der Waals surface area (Å²) in [5.41, 5.74) is 1.63. The van der Waals surface area contributed by atoms with Crippen LogP contribution in [0.4, 0.5) is 4.79 Å². The van der Waals surface area contributed by atoms with Crippen molar-refractivity contribution in [3.05, 3.63) is 110 Å². The number of aromatic nitrogens is 2. The zero-order chi connectivity index (χ0) is 34.7. The summed E-state index contributed by atoms with van der Waals surface area (Å²) in [6.45, 7) is 6.15. The fourth-order valence-electron chi connectivity index (χ4n) is 4.53. The van der Waals surface area contributed by atoms with Crippen LogP contribution in [0.1, 0.15) is 78.0 Å². The van der Waals surface area contributed by atoms with Gasteiger partial charge in [-0.05, 0) is 99.7 Å². The summed E-state index contributed by atoms with van der Waals surface area (Å²) in [4.78, 5) is 42.7. The number of amides is 2. The zero-order valence-corrected chi connectivity index (χ0v) is 29.1. The highest BCUT2D eigenvalue weighted by Gasteiger charge is 2.27. The lowest BCUT2D eigenvalue weighted by atomic mass is 10.0. The normalized spacial score (nSPS) is 11.9. The van der Waals surface area contributed by atoms with Crippen molar-refractivity contribution in [2.45, 2.75) is 64.5 Å². The molecule has 2 N–H and O–H groups in total. The molecule has 0 aliphatic heterocycles. The van der Waals surface area contributed by atoms with Crippen LogP contribution in [-0.2, 0) is 17.6 Å². The summed E-state index contributed by atoms with van der Waals surface area (Å²) >= 11 is 18.0. The number of unbranched alkanes of at least 4 members (excludes halogenated alkanes) is 1. The van der Waals surface area contributed by atoms with Crippen molar-refractivity contribution in [1.29, 1.82) is 0 Å². The maximum absolute atomic E-state index is 13.5. The molecule has 1 atom stereocenters. The van der Waals surface area contributed by atoms with Crippen LogP contribution < -0.4 is 15.4 Å². The van der Waals surface area contributed by atoms with Gasteiger partial charge in [0.1, 0.15) is 11.4 Å². The Kier molecular flexibility index (Phi) is 13.3. The molecule has 0 saturated heterocycles. The molecule has 0 saturated carbocycles. The van der Waals surface area contributed by atoms with Gasteiger partial charge in [-0.2, -0.15) is 4.98 Å². The summed E-state index contributed by atoms with van der Waals surface area (Å²) < 4.78 is 16.5. The molecule has 0 aliphatic rings. The van der Waals surface area contributed by atoms with Crippen molar-refractivity contribution in [2.75, 3.05) is 13.2 Å². The highest BCUT2D eigenvalue weighted by atomic mass is 35.5. The lowest BCUT2D eigenvalue weighted by Gasteiger charge is -2.20. The Balaban J connectivity index is 1.33. The van der Waals surface area contributed by atoms with Gasteiger partial charge in [0, 0.05) is 23.6 Å². The molecule has 4 rings (SSSR count). The molecule has 254 valence electrons. The number of rotatable bonds is 15. The van der Waals surface area contributed by atoms with E-state index in [0.717, 1.165) is 11.1 Å². The molecule has 1 unspecified atom stereocenters. The van der Waals surface area contributed by atoms with Gasteiger partial charge < -0.3 is 24.6 Å². The smallest absolute Gasteiger partial charge is 0.407 e. The first-order valence-electron chi connectivity index (χ1n) is 15.4. The van der Waals surface area contributed by atoms with Crippen LogP contribution in [0.15, 0.2) is 71.3 Å². The molecule has 2 amide bonds. The van der Waals surface area contributed by atoms with E-state index in [0.29, 0.717) is 65.2 Å². The van der Waals surface area contributed by atoms with Crippen LogP contribution in [0.5, 0.6) is 5.75 Å². The monoisotopic (exact) mass is 714 g/mol. The van der Waals surface area contributed by atoms with E-state index in [1.807, 2.05) is 36.4 Å². The van der Waals surface area contributed by atoms with Gasteiger partial charge in [0.25, 0.3) is 5.91 Å². The van der Waals surface area contributed by atoms with E-state index >= 15 is 0 Å². The van der Waals surface area contributed by atoms with Gasteiger partial charge in [0.2, 0.25) is 17.5 Å². The fraction of sp³-hybridized carbons (Fsp3) is 0.343. The SMILES string of the molecule is CC(C)(C)OC(=O)NCCCCC(NC(=O)c1ccc(Cl)cc1)C(=O)c1noc(Cc2ccc(OCCc3ccc(Cl)c(Cl)c3)cc2)n1. The van der Waals surface area contributed by atoms with Crippen LogP contribution in [0.3, 0.4) is 0 Å². The van der Waals surface area contributed by atoms with Crippen molar-refractivity contribution < 1.29 is 28.4 Å². The molecule has 13 heteroatoms. The van der Waals surface area contributed by atoms with E-state index in [1.165, 1.54) is 0 Å². The van der Waals surface area contributed by atoms with Gasteiger partial charge in [0.05, 0.1) is 29.1 Å². The third kappa shape index (κ3) is 11.8. The van der Waals surface area contributed by atoms with Crippen LogP contribution in [-0.4, -0.2) is 52.7 Å². The maximum Gasteiger partial charge on any atom is 0.407 e. The standard InChI is InChI=1S/C35H37Cl3N4O6/c1-35(2,3)47-34(45)39-18-5-4-6-29(40-33(44)24-10-12-25(36)13-11-24)31(43)32-41-30(48-42-32)21-22-7-14-26(15-8-22)46-19-17-23-9-16-27(37)28(38)20-23/h7-16,20,29H,4-6,17-19,21H2,1-3H3,(H,39,45)(H,40,44). The number of nitrogens with zero attached hydrogens (tertiary/aromatic N) is 2. The Labute approximate surface area is 294 Å². The molecule has 1 aromatic heterocycles. The van der Waals surface area contributed by atoms with Gasteiger partial charge in [-0.25, -0.2) is 4.79 Å². The van der Waals surface area contributed by atoms with E-state index in [4.69, 9.17) is 48.8 Å². The van der Waals surface area contributed by atoms with Gasteiger partial charge in [-0.3, -0.25) is 9.59 Å². The second-order valence-corrected chi connectivity index (χ2v) is 13.3. The quantitative estimate of drug-likeness (QED) is 0.0937. The Hall–Kier alpha value is -4.12. The number of ether oxygens (including phenoxy) is 2. The summed E-state index contributed by atoms with van der Waals surface area (Å²) in [6.07, 6.45) is 1.79. The van der Waals surface area contributed by atoms with Crippen LogP contribution >= 0.6 is 34.8 Å². The zero-order valence-electron chi connectivity index (χ0n) is 26.9. The Morgan fingerprint density at radius 1 is 0.896 bits per heavy atom. The predicted molar refractivity (Wildman–Crippen MR) is 184 cm³/mol. The number of hydrogen-bond donors (Lipinski definition) is 2.